The second kappa shape index (κ2) is 6.56. The molecular weight excluding hydrogens is 268 g/mol. The fourth-order valence-corrected chi connectivity index (χ4v) is 2.45. The molecule has 0 aliphatic heterocycles. The molecule has 0 amide bonds. The van der Waals surface area contributed by atoms with Crippen LogP contribution >= 0.6 is 11.6 Å². The second-order valence-corrected chi connectivity index (χ2v) is 5.28. The predicted octanol–water partition coefficient (Wildman–Crippen LogP) is 4.37. The highest BCUT2D eigenvalue weighted by Crippen LogP contribution is 2.20. The van der Waals surface area contributed by atoms with Crippen molar-refractivity contribution in [1.82, 2.24) is 5.32 Å². The topological polar surface area (TPSA) is 35.8 Å². The highest BCUT2D eigenvalue weighted by molar-refractivity contribution is 6.31. The lowest BCUT2D eigenvalue weighted by molar-refractivity contribution is 0.572. The van der Waals surface area contributed by atoms with Crippen LogP contribution in [-0.4, -0.2) is 0 Å². The molecule has 0 bridgehead atoms. The van der Waals surface area contributed by atoms with Gasteiger partial charge in [0.1, 0.15) is 0 Å². The lowest BCUT2D eigenvalue weighted by Gasteiger charge is -2.17. The van der Waals surface area contributed by atoms with Crippen LogP contribution in [0, 0.1) is 18.3 Å². The number of halogens is 1. The van der Waals surface area contributed by atoms with Gasteiger partial charge in [-0.15, -0.1) is 0 Å². The fourth-order valence-electron chi connectivity index (χ4n) is 2.21. The smallest absolute Gasteiger partial charge is 0.0992 e. The van der Waals surface area contributed by atoms with E-state index < -0.39 is 0 Å². The van der Waals surface area contributed by atoms with Gasteiger partial charge in [-0.25, -0.2) is 0 Å². The average molecular weight is 285 g/mol. The number of benzene rings is 2. The Kier molecular flexibility index (Phi) is 4.79. The maximum atomic E-state index is 8.83. The van der Waals surface area contributed by atoms with E-state index in [2.05, 4.69) is 43.4 Å². The zero-order valence-electron chi connectivity index (χ0n) is 11.7. The molecule has 1 atom stereocenters. The van der Waals surface area contributed by atoms with Crippen molar-refractivity contribution in [3.8, 4) is 6.07 Å². The zero-order chi connectivity index (χ0) is 14.5. The van der Waals surface area contributed by atoms with Gasteiger partial charge in [-0.1, -0.05) is 41.9 Å². The SMILES string of the molecule is Cc1ccccc1[C@@H](C)NCc1ccc(C#N)cc1Cl. The first-order valence-electron chi connectivity index (χ1n) is 6.59. The number of hydrogen-bond donors (Lipinski definition) is 1. The van der Waals surface area contributed by atoms with Crippen LogP contribution in [0.2, 0.25) is 5.02 Å². The number of nitriles is 1. The molecule has 0 aromatic heterocycles. The zero-order valence-corrected chi connectivity index (χ0v) is 12.4. The van der Waals surface area contributed by atoms with E-state index in [-0.39, 0.29) is 6.04 Å². The number of nitrogens with zero attached hydrogens (tertiary/aromatic N) is 1. The van der Waals surface area contributed by atoms with Gasteiger partial charge in [0.15, 0.2) is 0 Å². The second-order valence-electron chi connectivity index (χ2n) is 4.88. The molecule has 0 radical (unpaired) electrons. The Hall–Kier alpha value is -1.82. The Morgan fingerprint density at radius 2 is 2.00 bits per heavy atom. The molecule has 0 saturated heterocycles. The Balaban J connectivity index is 2.06. The molecule has 0 fully saturated rings. The first-order valence-corrected chi connectivity index (χ1v) is 6.97. The van der Waals surface area contributed by atoms with Gasteiger partial charge in [-0.2, -0.15) is 5.26 Å². The molecular formula is C17H17ClN2. The lowest BCUT2D eigenvalue weighted by Crippen LogP contribution is -2.19. The summed E-state index contributed by atoms with van der Waals surface area (Å²) >= 11 is 6.18. The van der Waals surface area contributed by atoms with E-state index in [1.54, 1.807) is 12.1 Å². The monoisotopic (exact) mass is 284 g/mol. The predicted molar refractivity (Wildman–Crippen MR) is 82.6 cm³/mol. The molecule has 0 spiro atoms. The van der Waals surface area contributed by atoms with Crippen LogP contribution in [0.5, 0.6) is 0 Å². The van der Waals surface area contributed by atoms with E-state index in [4.69, 9.17) is 16.9 Å². The van der Waals surface area contributed by atoms with Gasteiger partial charge >= 0.3 is 0 Å². The van der Waals surface area contributed by atoms with Gasteiger partial charge in [0.25, 0.3) is 0 Å². The summed E-state index contributed by atoms with van der Waals surface area (Å²) in [6, 6.07) is 16.1. The maximum Gasteiger partial charge on any atom is 0.0992 e. The average Bonchev–Trinajstić information content (AvgIpc) is 2.46. The van der Waals surface area contributed by atoms with E-state index in [0.717, 1.165) is 5.56 Å². The van der Waals surface area contributed by atoms with E-state index >= 15 is 0 Å². The van der Waals surface area contributed by atoms with Gasteiger partial charge in [-0.05, 0) is 42.7 Å². The van der Waals surface area contributed by atoms with E-state index in [0.29, 0.717) is 17.1 Å². The summed E-state index contributed by atoms with van der Waals surface area (Å²) in [5.41, 5.74) is 4.16. The number of aryl methyl sites for hydroxylation is 1. The van der Waals surface area contributed by atoms with Crippen LogP contribution in [0.3, 0.4) is 0 Å². The van der Waals surface area contributed by atoms with Crippen LogP contribution < -0.4 is 5.32 Å². The molecule has 2 aromatic carbocycles. The van der Waals surface area contributed by atoms with E-state index in [9.17, 15) is 0 Å². The highest BCUT2D eigenvalue weighted by Gasteiger charge is 2.08. The van der Waals surface area contributed by atoms with Gasteiger partial charge < -0.3 is 5.32 Å². The summed E-state index contributed by atoms with van der Waals surface area (Å²) in [6.07, 6.45) is 0. The number of nitrogens with one attached hydrogen (secondary N) is 1. The Bertz CT molecular complexity index is 644. The lowest BCUT2D eigenvalue weighted by atomic mass is 10.0. The highest BCUT2D eigenvalue weighted by atomic mass is 35.5. The summed E-state index contributed by atoms with van der Waals surface area (Å²) in [5, 5.41) is 12.9. The minimum Gasteiger partial charge on any atom is -0.306 e. The largest absolute Gasteiger partial charge is 0.306 e. The van der Waals surface area contributed by atoms with Crippen LogP contribution in [0.15, 0.2) is 42.5 Å². The molecule has 0 aliphatic carbocycles. The minimum absolute atomic E-state index is 0.253. The molecule has 102 valence electrons. The van der Waals surface area contributed by atoms with Gasteiger partial charge in [0.05, 0.1) is 11.6 Å². The maximum absolute atomic E-state index is 8.83. The molecule has 0 heterocycles. The Labute approximate surface area is 125 Å². The van der Waals surface area contributed by atoms with Crippen molar-refractivity contribution in [3.05, 3.63) is 69.7 Å². The summed E-state index contributed by atoms with van der Waals surface area (Å²) < 4.78 is 0. The van der Waals surface area contributed by atoms with Crippen molar-refractivity contribution in [1.29, 1.82) is 5.26 Å². The molecule has 20 heavy (non-hydrogen) atoms. The molecule has 2 aromatic rings. The van der Waals surface area contributed by atoms with Crippen molar-refractivity contribution in [2.45, 2.75) is 26.4 Å². The van der Waals surface area contributed by atoms with Crippen LogP contribution in [0.4, 0.5) is 0 Å². The molecule has 0 saturated carbocycles. The summed E-state index contributed by atoms with van der Waals surface area (Å²) in [6.45, 7) is 4.93. The third-order valence-corrected chi connectivity index (χ3v) is 3.79. The van der Waals surface area contributed by atoms with Gasteiger partial charge in [0.2, 0.25) is 0 Å². The number of rotatable bonds is 4. The first-order chi connectivity index (χ1) is 9.61. The standard InChI is InChI=1S/C17H17ClN2/c1-12-5-3-4-6-16(12)13(2)20-11-15-8-7-14(10-19)9-17(15)18/h3-9,13,20H,11H2,1-2H3/t13-/m1/s1. The molecule has 1 N–H and O–H groups in total. The number of hydrogen-bond acceptors (Lipinski definition) is 2. The van der Waals surface area contributed by atoms with Crippen LogP contribution in [0.1, 0.15) is 35.2 Å². The molecule has 2 nitrogen and oxygen atoms in total. The fraction of sp³-hybridized carbons (Fsp3) is 0.235. The van der Waals surface area contributed by atoms with Crippen molar-refractivity contribution in [3.63, 3.8) is 0 Å². The third kappa shape index (κ3) is 3.39. The Morgan fingerprint density at radius 1 is 1.25 bits per heavy atom. The van der Waals surface area contributed by atoms with Crippen molar-refractivity contribution < 1.29 is 0 Å². The summed E-state index contributed by atoms with van der Waals surface area (Å²) in [4.78, 5) is 0. The van der Waals surface area contributed by atoms with Crippen molar-refractivity contribution >= 4 is 11.6 Å². The van der Waals surface area contributed by atoms with Gasteiger partial charge in [0, 0.05) is 17.6 Å². The Morgan fingerprint density at radius 3 is 2.65 bits per heavy atom. The third-order valence-electron chi connectivity index (χ3n) is 3.44. The molecule has 0 aliphatic rings. The normalized spacial score (nSPS) is 11.9. The van der Waals surface area contributed by atoms with E-state index in [1.807, 2.05) is 12.1 Å². The van der Waals surface area contributed by atoms with Gasteiger partial charge in [-0.3, -0.25) is 0 Å². The van der Waals surface area contributed by atoms with E-state index in [1.165, 1.54) is 11.1 Å². The van der Waals surface area contributed by atoms with Crippen molar-refractivity contribution in [2.24, 2.45) is 0 Å². The molecule has 3 heteroatoms. The van der Waals surface area contributed by atoms with Crippen molar-refractivity contribution in [2.75, 3.05) is 0 Å². The van der Waals surface area contributed by atoms with Crippen LogP contribution in [-0.2, 0) is 6.54 Å². The summed E-state index contributed by atoms with van der Waals surface area (Å²) in [7, 11) is 0. The molecule has 2 rings (SSSR count). The quantitative estimate of drug-likeness (QED) is 0.905. The first kappa shape index (κ1) is 14.6. The van der Waals surface area contributed by atoms with Crippen LogP contribution in [0.25, 0.3) is 0 Å². The minimum atomic E-state index is 0.253. The molecule has 0 unspecified atom stereocenters. The summed E-state index contributed by atoms with van der Waals surface area (Å²) in [5.74, 6) is 0.